The van der Waals surface area contributed by atoms with Crippen molar-refractivity contribution in [3.8, 4) is 5.75 Å². The normalized spacial score (nSPS) is 28.1. The highest BCUT2D eigenvalue weighted by Crippen LogP contribution is 2.43. The van der Waals surface area contributed by atoms with Crippen LogP contribution in [0.1, 0.15) is 44.2 Å². The smallest absolute Gasteiger partial charge is 0.119 e. The Morgan fingerprint density at radius 2 is 2.15 bits per heavy atom. The first-order valence-electron chi connectivity index (χ1n) is 7.51. The number of methoxy groups -OCH3 is 2. The second-order valence-electron chi connectivity index (χ2n) is 5.97. The summed E-state index contributed by atoms with van der Waals surface area (Å²) in [6.07, 6.45) is 4.75. The standard InChI is InChI=1S/C17H27NO2/c1-13-7-6-10-17(12-13,20-4)16(18-2)14-8-5-9-15(11-14)19-3/h5,8-9,11,13,16,18H,6-7,10,12H2,1-4H3. The first-order valence-corrected chi connectivity index (χ1v) is 7.51. The molecule has 112 valence electrons. The van der Waals surface area contributed by atoms with E-state index >= 15 is 0 Å². The second-order valence-corrected chi connectivity index (χ2v) is 5.97. The van der Waals surface area contributed by atoms with Crippen molar-refractivity contribution in [3.05, 3.63) is 29.8 Å². The van der Waals surface area contributed by atoms with Crippen molar-refractivity contribution < 1.29 is 9.47 Å². The van der Waals surface area contributed by atoms with E-state index in [9.17, 15) is 0 Å². The monoisotopic (exact) mass is 277 g/mol. The minimum atomic E-state index is -0.112. The molecule has 0 amide bonds. The molecule has 1 N–H and O–H groups in total. The van der Waals surface area contributed by atoms with Crippen LogP contribution >= 0.6 is 0 Å². The molecule has 1 aliphatic rings. The predicted octanol–water partition coefficient (Wildman–Crippen LogP) is 3.55. The molecule has 3 unspecified atom stereocenters. The molecule has 0 bridgehead atoms. The summed E-state index contributed by atoms with van der Waals surface area (Å²) in [6.45, 7) is 2.32. The van der Waals surface area contributed by atoms with E-state index < -0.39 is 0 Å². The van der Waals surface area contributed by atoms with Gasteiger partial charge in [0.25, 0.3) is 0 Å². The maximum atomic E-state index is 6.03. The molecule has 1 saturated carbocycles. The van der Waals surface area contributed by atoms with Crippen molar-refractivity contribution in [1.29, 1.82) is 0 Å². The van der Waals surface area contributed by atoms with E-state index in [1.54, 1.807) is 7.11 Å². The average Bonchev–Trinajstić information content (AvgIpc) is 2.48. The molecule has 0 radical (unpaired) electrons. The van der Waals surface area contributed by atoms with Gasteiger partial charge in [0.15, 0.2) is 0 Å². The number of hydrogen-bond acceptors (Lipinski definition) is 3. The summed E-state index contributed by atoms with van der Waals surface area (Å²) >= 11 is 0. The third kappa shape index (κ3) is 2.99. The lowest BCUT2D eigenvalue weighted by Gasteiger charge is -2.44. The van der Waals surface area contributed by atoms with Gasteiger partial charge >= 0.3 is 0 Å². The van der Waals surface area contributed by atoms with Crippen LogP contribution in [0.5, 0.6) is 5.75 Å². The molecule has 0 aromatic heterocycles. The van der Waals surface area contributed by atoms with Crippen LogP contribution in [-0.2, 0) is 4.74 Å². The fourth-order valence-electron chi connectivity index (χ4n) is 3.66. The third-order valence-electron chi connectivity index (χ3n) is 4.64. The zero-order valence-corrected chi connectivity index (χ0v) is 13.1. The van der Waals surface area contributed by atoms with E-state index in [1.165, 1.54) is 18.4 Å². The largest absolute Gasteiger partial charge is 0.497 e. The number of likely N-dealkylation sites (N-methyl/N-ethyl adjacent to an activating group) is 1. The van der Waals surface area contributed by atoms with Gasteiger partial charge in [-0.1, -0.05) is 31.9 Å². The molecule has 1 aromatic rings. The van der Waals surface area contributed by atoms with Crippen LogP contribution in [-0.4, -0.2) is 26.9 Å². The van der Waals surface area contributed by atoms with Gasteiger partial charge in [0.1, 0.15) is 5.75 Å². The van der Waals surface area contributed by atoms with Crippen molar-refractivity contribution in [1.82, 2.24) is 5.32 Å². The zero-order chi connectivity index (χ0) is 14.6. The summed E-state index contributed by atoms with van der Waals surface area (Å²) in [5, 5.41) is 3.47. The van der Waals surface area contributed by atoms with Crippen LogP contribution in [0, 0.1) is 5.92 Å². The molecule has 2 rings (SSSR count). The summed E-state index contributed by atoms with van der Waals surface area (Å²) < 4.78 is 11.4. The van der Waals surface area contributed by atoms with Crippen molar-refractivity contribution in [2.75, 3.05) is 21.3 Å². The van der Waals surface area contributed by atoms with Gasteiger partial charge in [0, 0.05) is 7.11 Å². The maximum absolute atomic E-state index is 6.03. The summed E-state index contributed by atoms with van der Waals surface area (Å²) in [4.78, 5) is 0. The molecule has 1 aromatic carbocycles. The van der Waals surface area contributed by atoms with Crippen LogP contribution in [0.2, 0.25) is 0 Å². The summed E-state index contributed by atoms with van der Waals surface area (Å²) in [6, 6.07) is 8.50. The lowest BCUT2D eigenvalue weighted by atomic mass is 9.72. The highest BCUT2D eigenvalue weighted by atomic mass is 16.5. The van der Waals surface area contributed by atoms with Crippen LogP contribution in [0.4, 0.5) is 0 Å². The van der Waals surface area contributed by atoms with E-state index in [1.807, 2.05) is 26.3 Å². The third-order valence-corrected chi connectivity index (χ3v) is 4.64. The predicted molar refractivity (Wildman–Crippen MR) is 82.2 cm³/mol. The number of rotatable bonds is 5. The Morgan fingerprint density at radius 3 is 2.75 bits per heavy atom. The molecule has 1 fully saturated rings. The molecular formula is C17H27NO2. The van der Waals surface area contributed by atoms with Gasteiger partial charge in [-0.2, -0.15) is 0 Å². The van der Waals surface area contributed by atoms with Gasteiger partial charge in [-0.15, -0.1) is 0 Å². The van der Waals surface area contributed by atoms with E-state index in [2.05, 4.69) is 24.4 Å². The van der Waals surface area contributed by atoms with Crippen LogP contribution < -0.4 is 10.1 Å². The molecule has 0 aliphatic heterocycles. The number of ether oxygens (including phenoxy) is 2. The Morgan fingerprint density at radius 1 is 1.35 bits per heavy atom. The van der Waals surface area contributed by atoms with Crippen LogP contribution in [0.3, 0.4) is 0 Å². The summed E-state index contributed by atoms with van der Waals surface area (Å²) in [5.41, 5.74) is 1.13. The number of nitrogens with one attached hydrogen (secondary N) is 1. The van der Waals surface area contributed by atoms with E-state index in [4.69, 9.17) is 9.47 Å². The Labute approximate surface area is 122 Å². The molecule has 0 saturated heterocycles. The molecule has 3 heteroatoms. The number of hydrogen-bond donors (Lipinski definition) is 1. The lowest BCUT2D eigenvalue weighted by molar-refractivity contribution is -0.0790. The van der Waals surface area contributed by atoms with Crippen molar-refractivity contribution in [2.45, 2.75) is 44.2 Å². The van der Waals surface area contributed by atoms with Gasteiger partial charge in [0.05, 0.1) is 18.8 Å². The molecule has 1 aliphatic carbocycles. The highest BCUT2D eigenvalue weighted by molar-refractivity contribution is 5.32. The second kappa shape index (κ2) is 6.59. The lowest BCUT2D eigenvalue weighted by Crippen LogP contribution is -2.47. The minimum absolute atomic E-state index is 0.112. The zero-order valence-electron chi connectivity index (χ0n) is 13.1. The topological polar surface area (TPSA) is 30.5 Å². The van der Waals surface area contributed by atoms with E-state index in [0.29, 0.717) is 5.92 Å². The van der Waals surface area contributed by atoms with Crippen molar-refractivity contribution in [2.24, 2.45) is 5.92 Å². The average molecular weight is 277 g/mol. The number of benzene rings is 1. The highest BCUT2D eigenvalue weighted by Gasteiger charge is 2.42. The first kappa shape index (κ1) is 15.3. The SMILES string of the molecule is CNC(c1cccc(OC)c1)C1(OC)CCCC(C)C1. The summed E-state index contributed by atoms with van der Waals surface area (Å²) in [5.74, 6) is 1.61. The summed E-state index contributed by atoms with van der Waals surface area (Å²) in [7, 11) is 5.58. The van der Waals surface area contributed by atoms with E-state index in [0.717, 1.165) is 18.6 Å². The van der Waals surface area contributed by atoms with Gasteiger partial charge in [-0.25, -0.2) is 0 Å². The Balaban J connectivity index is 2.33. The van der Waals surface area contributed by atoms with Gasteiger partial charge in [0.2, 0.25) is 0 Å². The minimum Gasteiger partial charge on any atom is -0.497 e. The molecule has 0 spiro atoms. The van der Waals surface area contributed by atoms with Crippen molar-refractivity contribution >= 4 is 0 Å². The molecule has 3 atom stereocenters. The maximum Gasteiger partial charge on any atom is 0.119 e. The van der Waals surface area contributed by atoms with Gasteiger partial charge in [-0.3, -0.25) is 0 Å². The molecular weight excluding hydrogens is 250 g/mol. The fraction of sp³-hybridized carbons (Fsp3) is 0.647. The molecule has 0 heterocycles. The fourth-order valence-corrected chi connectivity index (χ4v) is 3.66. The molecule has 3 nitrogen and oxygen atoms in total. The van der Waals surface area contributed by atoms with Crippen molar-refractivity contribution in [3.63, 3.8) is 0 Å². The quantitative estimate of drug-likeness (QED) is 0.893. The van der Waals surface area contributed by atoms with Gasteiger partial charge < -0.3 is 14.8 Å². The van der Waals surface area contributed by atoms with Crippen LogP contribution in [0.15, 0.2) is 24.3 Å². The van der Waals surface area contributed by atoms with Crippen LogP contribution in [0.25, 0.3) is 0 Å². The Kier molecular flexibility index (Phi) is 5.06. The Bertz CT molecular complexity index is 435. The van der Waals surface area contributed by atoms with Gasteiger partial charge in [-0.05, 0) is 43.5 Å². The molecule has 20 heavy (non-hydrogen) atoms. The first-order chi connectivity index (χ1) is 9.65. The Hall–Kier alpha value is -1.06. The van der Waals surface area contributed by atoms with E-state index in [-0.39, 0.29) is 11.6 Å².